The van der Waals surface area contributed by atoms with Crippen LogP contribution in [0.5, 0.6) is 11.5 Å². The van der Waals surface area contributed by atoms with E-state index in [0.717, 1.165) is 24.6 Å². The number of hydrogen-bond acceptors (Lipinski definition) is 3. The average molecular weight is 355 g/mol. The second kappa shape index (κ2) is 9.70. The fraction of sp³-hybridized carbons (Fsp3) is 0.381. The first kappa shape index (κ1) is 19.6. The summed E-state index contributed by atoms with van der Waals surface area (Å²) in [6.45, 7) is 8.25. The second-order valence-electron chi connectivity index (χ2n) is 6.39. The third-order valence-electron chi connectivity index (χ3n) is 4.23. The molecule has 1 atom stereocenters. The number of guanidine groups is 1. The van der Waals surface area contributed by atoms with Crippen LogP contribution in [-0.4, -0.2) is 31.3 Å². The summed E-state index contributed by atoms with van der Waals surface area (Å²) in [7, 11) is 1.61. The number of nitrogens with one attached hydrogen (secondary N) is 2. The summed E-state index contributed by atoms with van der Waals surface area (Å²) in [4.78, 5) is 4.58. The highest BCUT2D eigenvalue weighted by molar-refractivity contribution is 5.79. The van der Waals surface area contributed by atoms with Crippen molar-refractivity contribution in [2.45, 2.75) is 33.2 Å². The van der Waals surface area contributed by atoms with Gasteiger partial charge in [-0.1, -0.05) is 36.8 Å². The Balaban J connectivity index is 2.02. The molecule has 26 heavy (non-hydrogen) atoms. The van der Waals surface area contributed by atoms with Gasteiger partial charge in [0.25, 0.3) is 0 Å². The van der Waals surface area contributed by atoms with E-state index >= 15 is 0 Å². The lowest BCUT2D eigenvalue weighted by Crippen LogP contribution is -2.39. The Bertz CT molecular complexity index is 744. The van der Waals surface area contributed by atoms with Gasteiger partial charge in [0, 0.05) is 18.7 Å². The minimum absolute atomic E-state index is 0.221. The van der Waals surface area contributed by atoms with Gasteiger partial charge in [0.1, 0.15) is 11.5 Å². The van der Waals surface area contributed by atoms with Crippen molar-refractivity contribution < 1.29 is 9.84 Å². The molecule has 2 aromatic rings. The zero-order chi connectivity index (χ0) is 18.9. The van der Waals surface area contributed by atoms with E-state index in [9.17, 15) is 5.11 Å². The monoisotopic (exact) mass is 355 g/mol. The number of rotatable bonds is 7. The van der Waals surface area contributed by atoms with Crippen LogP contribution in [0.3, 0.4) is 0 Å². The SMILES string of the molecule is CCNC(=NCc1cc(OC)ccc1O)NCC(C)c1cccc(C)c1. The lowest BCUT2D eigenvalue weighted by Gasteiger charge is -2.17. The maximum Gasteiger partial charge on any atom is 0.191 e. The van der Waals surface area contributed by atoms with Gasteiger partial charge in [-0.05, 0) is 43.5 Å². The molecule has 0 saturated heterocycles. The number of hydrogen-bond donors (Lipinski definition) is 3. The largest absolute Gasteiger partial charge is 0.508 e. The topological polar surface area (TPSA) is 65.9 Å². The first-order valence-electron chi connectivity index (χ1n) is 8.98. The highest BCUT2D eigenvalue weighted by Gasteiger charge is 2.08. The number of aryl methyl sites for hydroxylation is 1. The summed E-state index contributed by atoms with van der Waals surface area (Å²) < 4.78 is 5.21. The molecule has 5 heteroatoms. The molecule has 0 bridgehead atoms. The number of methoxy groups -OCH3 is 1. The highest BCUT2D eigenvalue weighted by Crippen LogP contribution is 2.23. The molecule has 0 spiro atoms. The Morgan fingerprint density at radius 3 is 2.69 bits per heavy atom. The van der Waals surface area contributed by atoms with Crippen LogP contribution in [-0.2, 0) is 6.54 Å². The minimum Gasteiger partial charge on any atom is -0.508 e. The Morgan fingerprint density at radius 2 is 2.00 bits per heavy atom. The van der Waals surface area contributed by atoms with Gasteiger partial charge in [-0.2, -0.15) is 0 Å². The molecule has 1 unspecified atom stereocenters. The fourth-order valence-electron chi connectivity index (χ4n) is 2.67. The van der Waals surface area contributed by atoms with Crippen LogP contribution in [0.4, 0.5) is 0 Å². The van der Waals surface area contributed by atoms with E-state index in [1.807, 2.05) is 6.92 Å². The van der Waals surface area contributed by atoms with Crippen molar-refractivity contribution in [3.8, 4) is 11.5 Å². The van der Waals surface area contributed by atoms with Gasteiger partial charge in [0.15, 0.2) is 5.96 Å². The summed E-state index contributed by atoms with van der Waals surface area (Å²) in [5, 5.41) is 16.6. The van der Waals surface area contributed by atoms with Crippen molar-refractivity contribution in [3.63, 3.8) is 0 Å². The fourth-order valence-corrected chi connectivity index (χ4v) is 2.67. The number of aliphatic imine (C=N–C) groups is 1. The van der Waals surface area contributed by atoms with E-state index in [4.69, 9.17) is 4.74 Å². The molecular formula is C21H29N3O2. The van der Waals surface area contributed by atoms with Crippen LogP contribution in [0.1, 0.15) is 36.5 Å². The van der Waals surface area contributed by atoms with Crippen molar-refractivity contribution in [3.05, 3.63) is 59.2 Å². The van der Waals surface area contributed by atoms with Crippen LogP contribution in [0.2, 0.25) is 0 Å². The summed E-state index contributed by atoms with van der Waals surface area (Å²) in [5.41, 5.74) is 3.30. The first-order chi connectivity index (χ1) is 12.5. The molecule has 2 rings (SSSR count). The number of ether oxygens (including phenoxy) is 1. The number of phenols is 1. The second-order valence-corrected chi connectivity index (χ2v) is 6.39. The first-order valence-corrected chi connectivity index (χ1v) is 8.98. The molecule has 5 nitrogen and oxygen atoms in total. The van der Waals surface area contributed by atoms with E-state index in [2.05, 4.69) is 53.7 Å². The Kier molecular flexibility index (Phi) is 7.33. The highest BCUT2D eigenvalue weighted by atomic mass is 16.5. The molecule has 3 N–H and O–H groups in total. The van der Waals surface area contributed by atoms with Gasteiger partial charge in [-0.25, -0.2) is 4.99 Å². The van der Waals surface area contributed by atoms with Gasteiger partial charge in [0.05, 0.1) is 13.7 Å². The molecule has 0 aromatic heterocycles. The quantitative estimate of drug-likeness (QED) is 0.525. The molecule has 0 aliphatic heterocycles. The minimum atomic E-state index is 0.221. The third kappa shape index (κ3) is 5.69. The maximum atomic E-state index is 10.0. The normalized spacial score (nSPS) is 12.5. The molecule has 0 saturated carbocycles. The van der Waals surface area contributed by atoms with Crippen LogP contribution in [0.15, 0.2) is 47.5 Å². The van der Waals surface area contributed by atoms with Crippen LogP contribution in [0, 0.1) is 6.92 Å². The zero-order valence-corrected chi connectivity index (χ0v) is 16.0. The van der Waals surface area contributed by atoms with Gasteiger partial charge in [0.2, 0.25) is 0 Å². The summed E-state index contributed by atoms with van der Waals surface area (Å²) >= 11 is 0. The molecule has 0 radical (unpaired) electrons. The average Bonchev–Trinajstić information content (AvgIpc) is 2.64. The molecule has 2 aromatic carbocycles. The van der Waals surface area contributed by atoms with Gasteiger partial charge in [-0.15, -0.1) is 0 Å². The van der Waals surface area contributed by atoms with E-state index in [1.165, 1.54) is 11.1 Å². The summed E-state index contributed by atoms with van der Waals surface area (Å²) in [6.07, 6.45) is 0. The third-order valence-corrected chi connectivity index (χ3v) is 4.23. The smallest absolute Gasteiger partial charge is 0.191 e. The van der Waals surface area contributed by atoms with Gasteiger partial charge in [-0.3, -0.25) is 0 Å². The Hall–Kier alpha value is -2.69. The van der Waals surface area contributed by atoms with Crippen molar-refractivity contribution >= 4 is 5.96 Å². The number of aromatic hydroxyl groups is 1. The van der Waals surface area contributed by atoms with Crippen molar-refractivity contribution in [2.75, 3.05) is 20.2 Å². The lowest BCUT2D eigenvalue weighted by atomic mass is 9.99. The molecular weight excluding hydrogens is 326 g/mol. The van der Waals surface area contributed by atoms with Crippen molar-refractivity contribution in [2.24, 2.45) is 4.99 Å². The van der Waals surface area contributed by atoms with Crippen molar-refractivity contribution in [1.29, 1.82) is 0 Å². The van der Waals surface area contributed by atoms with Crippen molar-refractivity contribution in [1.82, 2.24) is 10.6 Å². The predicted octanol–water partition coefficient (Wildman–Crippen LogP) is 3.57. The standard InChI is InChI=1S/C21H29N3O2/c1-5-22-21(23-13-16(3)17-8-6-7-15(2)11-17)24-14-18-12-19(26-4)9-10-20(18)25/h6-12,16,25H,5,13-14H2,1-4H3,(H2,22,23,24). The van der Waals surface area contributed by atoms with Crippen LogP contribution < -0.4 is 15.4 Å². The Labute approximate surface area is 156 Å². The molecule has 140 valence electrons. The van der Waals surface area contributed by atoms with E-state index in [-0.39, 0.29) is 5.75 Å². The zero-order valence-electron chi connectivity index (χ0n) is 16.0. The van der Waals surface area contributed by atoms with Gasteiger partial charge < -0.3 is 20.5 Å². The number of nitrogens with zero attached hydrogens (tertiary/aromatic N) is 1. The molecule has 0 fully saturated rings. The van der Waals surface area contributed by atoms with Crippen LogP contribution >= 0.6 is 0 Å². The predicted molar refractivity (Wildman–Crippen MR) is 107 cm³/mol. The number of phenolic OH excluding ortho intramolecular Hbond substituents is 1. The van der Waals surface area contributed by atoms with Gasteiger partial charge >= 0.3 is 0 Å². The lowest BCUT2D eigenvalue weighted by molar-refractivity contribution is 0.411. The summed E-state index contributed by atoms with van der Waals surface area (Å²) in [6, 6.07) is 13.7. The van der Waals surface area contributed by atoms with Crippen LogP contribution in [0.25, 0.3) is 0 Å². The van der Waals surface area contributed by atoms with E-state index in [0.29, 0.717) is 18.2 Å². The van der Waals surface area contributed by atoms with E-state index in [1.54, 1.807) is 25.3 Å². The maximum absolute atomic E-state index is 10.0. The molecule has 0 heterocycles. The molecule has 0 aliphatic rings. The molecule has 0 amide bonds. The summed E-state index contributed by atoms with van der Waals surface area (Å²) in [5.74, 6) is 2.02. The Morgan fingerprint density at radius 1 is 1.19 bits per heavy atom. The molecule has 0 aliphatic carbocycles. The number of benzene rings is 2. The van der Waals surface area contributed by atoms with E-state index < -0.39 is 0 Å².